The molecule has 0 saturated carbocycles. The van der Waals surface area contributed by atoms with Crippen LogP contribution in [-0.4, -0.2) is 33.2 Å². The molecule has 1 saturated heterocycles. The van der Waals surface area contributed by atoms with Crippen molar-refractivity contribution < 1.29 is 9.59 Å². The summed E-state index contributed by atoms with van der Waals surface area (Å²) >= 11 is 0. The van der Waals surface area contributed by atoms with E-state index in [-0.39, 0.29) is 24.2 Å². The topological polar surface area (TPSA) is 75.2 Å². The lowest BCUT2D eigenvalue weighted by molar-refractivity contribution is -0.129. The SMILES string of the molecule is O=C(NCc1cnc2c(c1)CCC2)C1CC(=O)N(Cc2ccccn2)C1. The number of nitrogens with zero attached hydrogens (tertiary/aromatic N) is 3. The van der Waals surface area contributed by atoms with E-state index in [1.165, 1.54) is 11.3 Å². The number of likely N-dealkylation sites (tertiary alicyclic amines) is 1. The maximum absolute atomic E-state index is 12.5. The first-order chi connectivity index (χ1) is 12.7. The first kappa shape index (κ1) is 16.7. The van der Waals surface area contributed by atoms with Crippen LogP contribution in [0, 0.1) is 5.92 Å². The third-order valence-corrected chi connectivity index (χ3v) is 5.11. The van der Waals surface area contributed by atoms with Gasteiger partial charge in [-0.25, -0.2) is 0 Å². The van der Waals surface area contributed by atoms with Crippen molar-refractivity contribution in [1.82, 2.24) is 20.2 Å². The molecule has 3 heterocycles. The number of nitrogens with one attached hydrogen (secondary N) is 1. The number of hydrogen-bond donors (Lipinski definition) is 1. The number of carbonyl (C=O) groups is 2. The Morgan fingerprint density at radius 1 is 1.27 bits per heavy atom. The molecule has 134 valence electrons. The summed E-state index contributed by atoms with van der Waals surface area (Å²) < 4.78 is 0. The Morgan fingerprint density at radius 2 is 2.19 bits per heavy atom. The van der Waals surface area contributed by atoms with Gasteiger partial charge < -0.3 is 10.2 Å². The molecule has 1 atom stereocenters. The average Bonchev–Trinajstić information content (AvgIpc) is 3.27. The lowest BCUT2D eigenvalue weighted by Gasteiger charge is -2.16. The van der Waals surface area contributed by atoms with E-state index in [1.54, 1.807) is 11.1 Å². The Morgan fingerprint density at radius 3 is 3.04 bits per heavy atom. The highest BCUT2D eigenvalue weighted by atomic mass is 16.2. The summed E-state index contributed by atoms with van der Waals surface area (Å²) in [7, 11) is 0. The van der Waals surface area contributed by atoms with E-state index >= 15 is 0 Å². The Kier molecular flexibility index (Phi) is 4.65. The molecule has 2 amide bonds. The molecule has 0 aromatic carbocycles. The molecule has 6 heteroatoms. The van der Waals surface area contributed by atoms with Crippen LogP contribution in [0.5, 0.6) is 0 Å². The molecule has 4 rings (SSSR count). The molecule has 2 aliphatic rings. The fourth-order valence-electron chi connectivity index (χ4n) is 3.69. The smallest absolute Gasteiger partial charge is 0.225 e. The van der Waals surface area contributed by atoms with Gasteiger partial charge in [0.25, 0.3) is 0 Å². The Hall–Kier alpha value is -2.76. The largest absolute Gasteiger partial charge is 0.352 e. The van der Waals surface area contributed by atoms with Crippen LogP contribution in [0.3, 0.4) is 0 Å². The maximum Gasteiger partial charge on any atom is 0.225 e. The number of carbonyl (C=O) groups excluding carboxylic acids is 2. The van der Waals surface area contributed by atoms with Gasteiger partial charge in [-0.2, -0.15) is 0 Å². The number of aromatic nitrogens is 2. The van der Waals surface area contributed by atoms with Crippen molar-refractivity contribution in [3.8, 4) is 0 Å². The molecule has 0 radical (unpaired) electrons. The number of aryl methyl sites for hydroxylation is 2. The van der Waals surface area contributed by atoms with E-state index in [1.807, 2.05) is 24.4 Å². The van der Waals surface area contributed by atoms with Crippen LogP contribution < -0.4 is 5.32 Å². The standard InChI is InChI=1S/C20H22N4O2/c25-19-9-16(12-24(19)13-17-5-1-2-7-21-17)20(26)23-11-14-8-15-4-3-6-18(15)22-10-14/h1-2,5,7-8,10,16H,3-4,6,9,11-13H2,(H,23,26). The highest BCUT2D eigenvalue weighted by molar-refractivity contribution is 5.89. The summed E-state index contributed by atoms with van der Waals surface area (Å²) in [5, 5.41) is 2.96. The highest BCUT2D eigenvalue weighted by Crippen LogP contribution is 2.22. The summed E-state index contributed by atoms with van der Waals surface area (Å²) in [6.45, 7) is 1.37. The summed E-state index contributed by atoms with van der Waals surface area (Å²) in [5.74, 6) is -0.356. The second kappa shape index (κ2) is 7.23. The van der Waals surface area contributed by atoms with Gasteiger partial charge in [0.15, 0.2) is 0 Å². The molecule has 6 nitrogen and oxygen atoms in total. The van der Waals surface area contributed by atoms with Gasteiger partial charge in [-0.1, -0.05) is 12.1 Å². The first-order valence-corrected chi connectivity index (χ1v) is 9.11. The second-order valence-electron chi connectivity index (χ2n) is 7.02. The Balaban J connectivity index is 1.32. The van der Waals surface area contributed by atoms with Crippen molar-refractivity contribution in [2.75, 3.05) is 6.54 Å². The fourth-order valence-corrected chi connectivity index (χ4v) is 3.69. The van der Waals surface area contributed by atoms with Crippen molar-refractivity contribution in [2.45, 2.75) is 38.8 Å². The molecular formula is C20H22N4O2. The molecule has 0 bridgehead atoms. The monoisotopic (exact) mass is 350 g/mol. The zero-order valence-corrected chi connectivity index (χ0v) is 14.6. The molecule has 2 aromatic rings. The van der Waals surface area contributed by atoms with Gasteiger partial charge in [0.2, 0.25) is 11.8 Å². The van der Waals surface area contributed by atoms with Gasteiger partial charge in [-0.05, 0) is 42.5 Å². The first-order valence-electron chi connectivity index (χ1n) is 9.11. The number of amides is 2. The number of fused-ring (bicyclic) bond motifs is 1. The highest BCUT2D eigenvalue weighted by Gasteiger charge is 2.34. The van der Waals surface area contributed by atoms with Crippen molar-refractivity contribution in [3.05, 3.63) is 59.2 Å². The zero-order valence-electron chi connectivity index (χ0n) is 14.6. The van der Waals surface area contributed by atoms with Gasteiger partial charge in [0, 0.05) is 37.6 Å². The van der Waals surface area contributed by atoms with Gasteiger partial charge in [-0.3, -0.25) is 19.6 Å². The van der Waals surface area contributed by atoms with Crippen molar-refractivity contribution in [2.24, 2.45) is 5.92 Å². The fraction of sp³-hybridized carbons (Fsp3) is 0.400. The minimum Gasteiger partial charge on any atom is -0.352 e. The van der Waals surface area contributed by atoms with E-state index in [9.17, 15) is 9.59 Å². The van der Waals surface area contributed by atoms with Crippen molar-refractivity contribution in [3.63, 3.8) is 0 Å². The van der Waals surface area contributed by atoms with E-state index in [4.69, 9.17) is 0 Å². The van der Waals surface area contributed by atoms with Crippen LogP contribution in [-0.2, 0) is 35.5 Å². The maximum atomic E-state index is 12.5. The van der Waals surface area contributed by atoms with Gasteiger partial charge in [-0.15, -0.1) is 0 Å². The van der Waals surface area contributed by atoms with Gasteiger partial charge in [0.1, 0.15) is 0 Å². The van der Waals surface area contributed by atoms with Crippen LogP contribution in [0.15, 0.2) is 36.7 Å². The van der Waals surface area contributed by atoms with Gasteiger partial charge >= 0.3 is 0 Å². The quantitative estimate of drug-likeness (QED) is 0.889. The van der Waals surface area contributed by atoms with E-state index < -0.39 is 0 Å². The van der Waals surface area contributed by atoms with Crippen LogP contribution in [0.25, 0.3) is 0 Å². The Bertz CT molecular complexity index is 822. The van der Waals surface area contributed by atoms with Crippen molar-refractivity contribution in [1.29, 1.82) is 0 Å². The van der Waals surface area contributed by atoms with Gasteiger partial charge in [0.05, 0.1) is 18.2 Å². The minimum atomic E-state index is -0.298. The summed E-state index contributed by atoms with van der Waals surface area (Å²) in [4.78, 5) is 35.1. The van der Waals surface area contributed by atoms with E-state index in [2.05, 4.69) is 21.4 Å². The van der Waals surface area contributed by atoms with Crippen LogP contribution in [0.2, 0.25) is 0 Å². The van der Waals surface area contributed by atoms with Crippen LogP contribution >= 0.6 is 0 Å². The molecule has 0 spiro atoms. The lowest BCUT2D eigenvalue weighted by atomic mass is 10.1. The molecule has 1 aliphatic heterocycles. The summed E-state index contributed by atoms with van der Waals surface area (Å²) in [6, 6.07) is 7.78. The Labute approximate surface area is 152 Å². The van der Waals surface area contributed by atoms with Crippen LogP contribution in [0.4, 0.5) is 0 Å². The summed E-state index contributed by atoms with van der Waals surface area (Å²) in [6.07, 6.45) is 7.11. The predicted molar refractivity (Wildman–Crippen MR) is 95.9 cm³/mol. The normalized spacial score (nSPS) is 18.8. The molecule has 1 unspecified atom stereocenters. The third kappa shape index (κ3) is 3.59. The van der Waals surface area contributed by atoms with E-state index in [0.29, 0.717) is 19.6 Å². The number of rotatable bonds is 5. The zero-order chi connectivity index (χ0) is 17.9. The molecule has 1 aliphatic carbocycles. The average molecular weight is 350 g/mol. The predicted octanol–water partition coefficient (Wildman–Crippen LogP) is 1.63. The number of pyridine rings is 2. The summed E-state index contributed by atoms with van der Waals surface area (Å²) in [5.41, 5.74) is 4.35. The minimum absolute atomic E-state index is 0.00926. The van der Waals surface area contributed by atoms with Crippen LogP contribution in [0.1, 0.15) is 35.4 Å². The molecule has 26 heavy (non-hydrogen) atoms. The molecular weight excluding hydrogens is 328 g/mol. The van der Waals surface area contributed by atoms with Crippen molar-refractivity contribution >= 4 is 11.8 Å². The molecule has 1 fully saturated rings. The lowest BCUT2D eigenvalue weighted by Crippen LogP contribution is -2.32. The second-order valence-corrected chi connectivity index (χ2v) is 7.02. The molecule has 1 N–H and O–H groups in total. The number of hydrogen-bond acceptors (Lipinski definition) is 4. The van der Waals surface area contributed by atoms with E-state index in [0.717, 1.165) is 30.5 Å². The third-order valence-electron chi connectivity index (χ3n) is 5.11. The molecule has 2 aromatic heterocycles.